The maximum atomic E-state index is 12.9. The van der Waals surface area contributed by atoms with Crippen molar-refractivity contribution in [3.8, 4) is 0 Å². The van der Waals surface area contributed by atoms with E-state index in [-0.39, 0.29) is 31.1 Å². The minimum Gasteiger partial charge on any atom is -0.462 e. The molecule has 0 rings (SSSR count). The number of carbonyl (C=O) groups excluding carboxylic acids is 3. The average Bonchev–Trinajstić information content (AvgIpc) is 3.48. The summed E-state index contributed by atoms with van der Waals surface area (Å²) in [6.07, 6.45) is 98.0. The van der Waals surface area contributed by atoms with Crippen LogP contribution in [0.3, 0.4) is 0 Å². The minimum absolute atomic E-state index is 0.0821. The van der Waals surface area contributed by atoms with Crippen molar-refractivity contribution >= 4 is 17.9 Å². The van der Waals surface area contributed by atoms with E-state index in [9.17, 15) is 14.4 Å². The van der Waals surface area contributed by atoms with Crippen molar-refractivity contribution in [1.29, 1.82) is 0 Å². The lowest BCUT2D eigenvalue weighted by molar-refractivity contribution is -0.167. The smallest absolute Gasteiger partial charge is 0.306 e. The van der Waals surface area contributed by atoms with E-state index < -0.39 is 6.10 Å². The summed E-state index contributed by atoms with van der Waals surface area (Å²) >= 11 is 0. The van der Waals surface area contributed by atoms with Gasteiger partial charge in [-0.1, -0.05) is 303 Å². The number of allylic oxidation sites excluding steroid dienone is 20. The molecular formula is C77H130O6. The summed E-state index contributed by atoms with van der Waals surface area (Å²) in [6.45, 7) is 6.48. The lowest BCUT2D eigenvalue weighted by atomic mass is 10.0. The Bertz CT molecular complexity index is 1700. The number of hydrogen-bond donors (Lipinski definition) is 0. The van der Waals surface area contributed by atoms with E-state index in [0.717, 1.165) is 116 Å². The van der Waals surface area contributed by atoms with Crippen molar-refractivity contribution in [2.45, 2.75) is 335 Å². The molecule has 6 nitrogen and oxygen atoms in total. The lowest BCUT2D eigenvalue weighted by Crippen LogP contribution is -2.30. The van der Waals surface area contributed by atoms with Crippen LogP contribution >= 0.6 is 0 Å². The Morgan fingerprint density at radius 2 is 0.482 bits per heavy atom. The quantitative estimate of drug-likeness (QED) is 0.0261. The second-order valence-electron chi connectivity index (χ2n) is 23.1. The predicted molar refractivity (Wildman–Crippen MR) is 362 cm³/mol. The van der Waals surface area contributed by atoms with Crippen LogP contribution in [0, 0.1) is 0 Å². The van der Waals surface area contributed by atoms with Crippen molar-refractivity contribution in [2.75, 3.05) is 13.2 Å². The van der Waals surface area contributed by atoms with Crippen molar-refractivity contribution in [1.82, 2.24) is 0 Å². The number of carbonyl (C=O) groups is 3. The summed E-state index contributed by atoms with van der Waals surface area (Å²) < 4.78 is 16.9. The molecule has 0 amide bonds. The number of ether oxygens (including phenoxy) is 3. The predicted octanol–water partition coefficient (Wildman–Crippen LogP) is 24.3. The van der Waals surface area contributed by atoms with E-state index in [0.29, 0.717) is 19.3 Å². The van der Waals surface area contributed by atoms with Crippen molar-refractivity contribution in [3.63, 3.8) is 0 Å². The summed E-state index contributed by atoms with van der Waals surface area (Å²) in [5, 5.41) is 0. The zero-order chi connectivity index (χ0) is 59.9. The average molecular weight is 1150 g/mol. The molecule has 1 atom stereocenters. The molecule has 6 heteroatoms. The van der Waals surface area contributed by atoms with Gasteiger partial charge in [0.1, 0.15) is 13.2 Å². The Hall–Kier alpha value is -4.19. The first kappa shape index (κ1) is 78.8. The summed E-state index contributed by atoms with van der Waals surface area (Å²) in [4.78, 5) is 38.3. The van der Waals surface area contributed by atoms with E-state index in [1.54, 1.807) is 0 Å². The molecule has 1 unspecified atom stereocenters. The number of hydrogen-bond acceptors (Lipinski definition) is 6. The Morgan fingerprint density at radius 3 is 0.783 bits per heavy atom. The Labute approximate surface area is 513 Å². The first-order valence-electron chi connectivity index (χ1n) is 35.0. The van der Waals surface area contributed by atoms with Gasteiger partial charge in [-0.25, -0.2) is 0 Å². The van der Waals surface area contributed by atoms with Crippen LogP contribution in [-0.4, -0.2) is 37.2 Å². The fraction of sp³-hybridized carbons (Fsp3) is 0.701. The minimum atomic E-state index is -0.786. The molecular weight excluding hydrogens is 1020 g/mol. The third kappa shape index (κ3) is 68.5. The fourth-order valence-electron chi connectivity index (χ4n) is 9.67. The third-order valence-corrected chi connectivity index (χ3v) is 14.9. The highest BCUT2D eigenvalue weighted by atomic mass is 16.6. The third-order valence-electron chi connectivity index (χ3n) is 14.9. The summed E-state index contributed by atoms with van der Waals surface area (Å²) in [7, 11) is 0. The standard InChI is InChI=1S/C77H130O6/c1-4-7-10-13-16-19-22-24-26-28-30-31-32-33-34-35-36-37-38-39-40-41-42-43-44-45-47-48-50-52-55-58-61-64-67-70-76(79)82-73-74(72-81-75(78)69-66-63-60-57-54-21-18-15-12-9-6-3)83-77(80)71-68-65-62-59-56-53-51-49-46-29-27-25-23-20-17-14-11-8-5-2/h7,10,15-20,24-27,30-31,33-34,36-37,39-40,74H,4-6,8-9,11-14,21-23,28-29,32,35,38,41-73H2,1-3H3/b10-7-,18-15-,19-16-,20-17-,26-24-,27-25-,31-30-,34-33-,37-36-,40-39-. The highest BCUT2D eigenvalue weighted by molar-refractivity contribution is 5.71. The zero-order valence-corrected chi connectivity index (χ0v) is 54.4. The van der Waals surface area contributed by atoms with Gasteiger partial charge in [0.15, 0.2) is 6.10 Å². The molecule has 0 N–H and O–H groups in total. The molecule has 0 spiro atoms. The molecule has 0 aromatic heterocycles. The summed E-state index contributed by atoms with van der Waals surface area (Å²) in [5.41, 5.74) is 0. The van der Waals surface area contributed by atoms with Crippen LogP contribution in [0.5, 0.6) is 0 Å². The number of unbranched alkanes of at least 4 members (excludes halogenated alkanes) is 32. The van der Waals surface area contributed by atoms with Gasteiger partial charge in [0, 0.05) is 19.3 Å². The lowest BCUT2D eigenvalue weighted by Gasteiger charge is -2.18. The van der Waals surface area contributed by atoms with Gasteiger partial charge >= 0.3 is 17.9 Å². The van der Waals surface area contributed by atoms with Gasteiger partial charge in [-0.15, -0.1) is 0 Å². The highest BCUT2D eigenvalue weighted by Gasteiger charge is 2.19. The monoisotopic (exact) mass is 1150 g/mol. The highest BCUT2D eigenvalue weighted by Crippen LogP contribution is 2.17. The maximum absolute atomic E-state index is 12.9. The largest absolute Gasteiger partial charge is 0.462 e. The molecule has 0 heterocycles. The molecule has 474 valence electrons. The van der Waals surface area contributed by atoms with Crippen molar-refractivity contribution in [3.05, 3.63) is 122 Å². The van der Waals surface area contributed by atoms with Crippen molar-refractivity contribution < 1.29 is 28.6 Å². The summed E-state index contributed by atoms with van der Waals surface area (Å²) in [6, 6.07) is 0. The Morgan fingerprint density at radius 1 is 0.253 bits per heavy atom. The van der Waals surface area contributed by atoms with Gasteiger partial charge in [-0.05, 0) is 128 Å². The van der Waals surface area contributed by atoms with E-state index in [4.69, 9.17) is 14.2 Å². The zero-order valence-electron chi connectivity index (χ0n) is 54.4. The molecule has 0 aromatic rings. The van der Waals surface area contributed by atoms with Crippen LogP contribution in [0.25, 0.3) is 0 Å². The molecule has 0 bridgehead atoms. The Kier molecular flexibility index (Phi) is 66.7. The van der Waals surface area contributed by atoms with E-state index in [2.05, 4.69) is 142 Å². The van der Waals surface area contributed by atoms with Crippen LogP contribution in [0.4, 0.5) is 0 Å². The van der Waals surface area contributed by atoms with Gasteiger partial charge < -0.3 is 14.2 Å². The number of rotatable bonds is 63. The van der Waals surface area contributed by atoms with Gasteiger partial charge in [0.05, 0.1) is 0 Å². The second-order valence-corrected chi connectivity index (χ2v) is 23.1. The van der Waals surface area contributed by atoms with Gasteiger partial charge in [0.2, 0.25) is 0 Å². The van der Waals surface area contributed by atoms with Gasteiger partial charge in [-0.3, -0.25) is 14.4 Å². The molecule has 0 fully saturated rings. The van der Waals surface area contributed by atoms with Crippen LogP contribution in [-0.2, 0) is 28.6 Å². The molecule has 0 aliphatic carbocycles. The number of esters is 3. The summed E-state index contributed by atoms with van der Waals surface area (Å²) in [5.74, 6) is -0.888. The molecule has 0 aromatic carbocycles. The van der Waals surface area contributed by atoms with Gasteiger partial charge in [-0.2, -0.15) is 0 Å². The Balaban J connectivity index is 4.18. The fourth-order valence-corrected chi connectivity index (χ4v) is 9.67. The topological polar surface area (TPSA) is 78.9 Å². The van der Waals surface area contributed by atoms with E-state index in [1.807, 2.05) is 0 Å². The molecule has 0 radical (unpaired) electrons. The normalized spacial score (nSPS) is 12.9. The maximum Gasteiger partial charge on any atom is 0.306 e. The SMILES string of the molecule is CC/C=C\C/C=C\C/C=C\C/C=C\C/C=C\C/C=C\C/C=C\CCCCCCCCCCCCCCCC(=O)OCC(COC(=O)CCCCCCC/C=C\CCCC)OC(=O)CCCCCCCCCCC/C=C\C/C=C\CCCCC. The molecule has 0 aliphatic rings. The van der Waals surface area contributed by atoms with E-state index in [1.165, 1.54) is 173 Å². The van der Waals surface area contributed by atoms with Crippen LogP contribution < -0.4 is 0 Å². The second kappa shape index (κ2) is 70.3. The van der Waals surface area contributed by atoms with Crippen LogP contribution in [0.1, 0.15) is 329 Å². The van der Waals surface area contributed by atoms with E-state index >= 15 is 0 Å². The molecule has 83 heavy (non-hydrogen) atoms. The van der Waals surface area contributed by atoms with Crippen LogP contribution in [0.2, 0.25) is 0 Å². The molecule has 0 saturated heterocycles. The van der Waals surface area contributed by atoms with Crippen molar-refractivity contribution in [2.24, 2.45) is 0 Å². The first-order valence-corrected chi connectivity index (χ1v) is 35.0. The molecule has 0 saturated carbocycles. The first-order chi connectivity index (χ1) is 41.0. The van der Waals surface area contributed by atoms with Crippen LogP contribution in [0.15, 0.2) is 122 Å². The van der Waals surface area contributed by atoms with Gasteiger partial charge in [0.25, 0.3) is 0 Å². The molecule has 0 aliphatic heterocycles.